The average Bonchev–Trinajstić information content (AvgIpc) is 3.25. The van der Waals surface area contributed by atoms with Crippen molar-refractivity contribution in [2.75, 3.05) is 46.7 Å². The van der Waals surface area contributed by atoms with E-state index in [1.165, 1.54) is 51.4 Å². The summed E-state index contributed by atoms with van der Waals surface area (Å²) >= 11 is 0. The van der Waals surface area contributed by atoms with Gasteiger partial charge < -0.3 is 33.7 Å². The predicted octanol–water partition coefficient (Wildman–Crippen LogP) is 14.1. The van der Waals surface area contributed by atoms with Crippen LogP contribution >= 0.6 is 0 Å². The number of fused-ring (bicyclic) bond motifs is 6. The highest BCUT2D eigenvalue weighted by atomic mass is 16.5. The fourth-order valence-corrected chi connectivity index (χ4v) is 7.46. The first-order valence-corrected chi connectivity index (χ1v) is 23.5. The number of carbonyl (C=O) groups is 1. The van der Waals surface area contributed by atoms with E-state index in [0.717, 1.165) is 132 Å². The quantitative estimate of drug-likeness (QED) is 0.0379. The van der Waals surface area contributed by atoms with Gasteiger partial charge in [0, 0.05) is 7.05 Å². The van der Waals surface area contributed by atoms with E-state index in [2.05, 4.69) is 70.3 Å². The monoisotopic (exact) mass is 816 g/mol. The van der Waals surface area contributed by atoms with Crippen molar-refractivity contribution < 1.29 is 33.2 Å². The molecule has 0 bridgehead atoms. The Labute approximate surface area is 356 Å². The number of nitrogens with one attached hydrogen (secondary N) is 1. The van der Waals surface area contributed by atoms with E-state index < -0.39 is 0 Å². The van der Waals surface area contributed by atoms with Gasteiger partial charge in [0.25, 0.3) is 5.91 Å². The molecule has 4 aromatic carbocycles. The molecule has 0 fully saturated rings. The van der Waals surface area contributed by atoms with E-state index in [4.69, 9.17) is 28.4 Å². The van der Waals surface area contributed by atoms with Gasteiger partial charge >= 0.3 is 0 Å². The molecule has 0 radical (unpaired) electrons. The predicted molar refractivity (Wildman–Crippen MR) is 247 cm³/mol. The molecule has 0 aromatic heterocycles. The van der Waals surface area contributed by atoms with E-state index in [0.29, 0.717) is 44.5 Å². The first-order valence-electron chi connectivity index (χ1n) is 23.5. The topological polar surface area (TPSA) is 84.5 Å². The van der Waals surface area contributed by atoms with Gasteiger partial charge in [-0.2, -0.15) is 0 Å². The van der Waals surface area contributed by atoms with Crippen molar-refractivity contribution in [1.29, 1.82) is 0 Å². The number of hydrogen-bond acceptors (Lipinski definition) is 7. The Morgan fingerprint density at radius 2 is 0.576 bits per heavy atom. The summed E-state index contributed by atoms with van der Waals surface area (Å²) in [5, 5.41) is 8.80. The molecule has 0 aliphatic rings. The molecular formula is C51H77NO7. The average molecular weight is 816 g/mol. The number of carbonyl (C=O) groups excluding carboxylic acids is 1. The number of hydrogen-bond donors (Lipinski definition) is 1. The number of amides is 1. The number of ether oxygens (including phenoxy) is 6. The molecule has 0 saturated carbocycles. The van der Waals surface area contributed by atoms with Crippen LogP contribution in [0.1, 0.15) is 163 Å². The number of benzene rings is 4. The maximum atomic E-state index is 12.5. The molecule has 0 unspecified atom stereocenters. The van der Waals surface area contributed by atoms with Crippen molar-refractivity contribution in [3.05, 3.63) is 36.4 Å². The Balaban J connectivity index is 1.97. The molecule has 0 aliphatic heterocycles. The molecule has 59 heavy (non-hydrogen) atoms. The zero-order chi connectivity index (χ0) is 42.1. The SMILES string of the molecule is CCCCCCOc1cc2c3cc(OCCCCCC)c(OCCCCCC)cc3c3cc(OCC(=O)NC)c(OCCCCCC)cc3c2cc1OCCCCCC. The van der Waals surface area contributed by atoms with Gasteiger partial charge in [0.2, 0.25) is 0 Å². The van der Waals surface area contributed by atoms with E-state index in [-0.39, 0.29) is 12.5 Å². The standard InChI is InChI=1S/C51H77NO7/c1-7-12-17-22-27-54-45-32-39-40-33-46(55-28-23-18-13-8-2)48(57-30-25-20-15-10-4)35-42(40)44-37-50(59-38-51(53)52-6)49(58-31-26-21-16-11-5)36-43(44)41(39)34-47(45)56-29-24-19-14-9-3/h32-37H,7-31,38H2,1-6H3,(H,52,53). The number of likely N-dealkylation sites (N-methyl/N-ethyl adjacent to an activating group) is 1. The highest BCUT2D eigenvalue weighted by Crippen LogP contribution is 2.47. The fourth-order valence-electron chi connectivity index (χ4n) is 7.46. The Morgan fingerprint density at radius 1 is 0.356 bits per heavy atom. The summed E-state index contributed by atoms with van der Waals surface area (Å²) in [6.45, 7) is 14.1. The summed E-state index contributed by atoms with van der Waals surface area (Å²) in [6.07, 6.45) is 22.3. The molecule has 328 valence electrons. The maximum absolute atomic E-state index is 12.5. The summed E-state index contributed by atoms with van der Waals surface area (Å²) in [6, 6.07) is 12.8. The molecule has 1 amide bonds. The summed E-state index contributed by atoms with van der Waals surface area (Å²) in [4.78, 5) is 12.5. The van der Waals surface area contributed by atoms with Crippen molar-refractivity contribution in [2.24, 2.45) is 0 Å². The lowest BCUT2D eigenvalue weighted by Crippen LogP contribution is -2.25. The molecule has 0 heterocycles. The molecule has 0 saturated heterocycles. The third-order valence-corrected chi connectivity index (χ3v) is 11.0. The highest BCUT2D eigenvalue weighted by Gasteiger charge is 2.21. The van der Waals surface area contributed by atoms with Crippen LogP contribution in [0.3, 0.4) is 0 Å². The van der Waals surface area contributed by atoms with Crippen LogP contribution in [-0.2, 0) is 4.79 Å². The second-order valence-corrected chi connectivity index (χ2v) is 16.0. The van der Waals surface area contributed by atoms with Gasteiger partial charge in [-0.3, -0.25) is 4.79 Å². The molecular weight excluding hydrogens is 739 g/mol. The Hall–Kier alpha value is -4.07. The molecule has 4 aromatic rings. The van der Waals surface area contributed by atoms with Crippen LogP contribution in [0.5, 0.6) is 34.5 Å². The molecule has 8 nitrogen and oxygen atoms in total. The highest BCUT2D eigenvalue weighted by molar-refractivity contribution is 6.26. The number of rotatable bonds is 33. The van der Waals surface area contributed by atoms with Gasteiger partial charge in [-0.05, 0) is 101 Å². The van der Waals surface area contributed by atoms with E-state index in [1.807, 2.05) is 6.07 Å². The second-order valence-electron chi connectivity index (χ2n) is 16.0. The van der Waals surface area contributed by atoms with E-state index in [9.17, 15) is 4.79 Å². The minimum absolute atomic E-state index is 0.114. The van der Waals surface area contributed by atoms with E-state index >= 15 is 0 Å². The van der Waals surface area contributed by atoms with Gasteiger partial charge in [-0.15, -0.1) is 0 Å². The zero-order valence-corrected chi connectivity index (χ0v) is 37.7. The fraction of sp³-hybridized carbons (Fsp3) is 0.627. The lowest BCUT2D eigenvalue weighted by atomic mass is 9.93. The van der Waals surface area contributed by atoms with Crippen molar-refractivity contribution in [3.63, 3.8) is 0 Å². The Bertz CT molecular complexity index is 1770. The molecule has 4 rings (SSSR count). The summed E-state index contributed by atoms with van der Waals surface area (Å²) in [7, 11) is 1.62. The third-order valence-electron chi connectivity index (χ3n) is 11.0. The second kappa shape index (κ2) is 27.6. The molecule has 8 heteroatoms. The van der Waals surface area contributed by atoms with Crippen molar-refractivity contribution >= 4 is 38.2 Å². The van der Waals surface area contributed by atoms with Gasteiger partial charge in [0.1, 0.15) is 0 Å². The summed E-state index contributed by atoms with van der Waals surface area (Å²) in [5.74, 6) is 3.98. The first-order chi connectivity index (χ1) is 29.0. The zero-order valence-electron chi connectivity index (χ0n) is 37.7. The lowest BCUT2D eigenvalue weighted by Gasteiger charge is -2.20. The van der Waals surface area contributed by atoms with Crippen LogP contribution in [0.4, 0.5) is 0 Å². The van der Waals surface area contributed by atoms with E-state index in [1.54, 1.807) is 7.05 Å². The Morgan fingerprint density at radius 3 is 0.780 bits per heavy atom. The molecule has 0 spiro atoms. The smallest absolute Gasteiger partial charge is 0.257 e. The molecule has 1 N–H and O–H groups in total. The molecule has 0 atom stereocenters. The third kappa shape index (κ3) is 15.2. The van der Waals surface area contributed by atoms with Crippen LogP contribution < -0.4 is 33.7 Å². The van der Waals surface area contributed by atoms with Crippen LogP contribution in [0.2, 0.25) is 0 Å². The van der Waals surface area contributed by atoms with Crippen molar-refractivity contribution in [2.45, 2.75) is 163 Å². The maximum Gasteiger partial charge on any atom is 0.257 e. The first kappa shape index (κ1) is 47.6. The largest absolute Gasteiger partial charge is 0.490 e. The summed E-state index contributed by atoms with van der Waals surface area (Å²) in [5.41, 5.74) is 0. The molecule has 0 aliphatic carbocycles. The van der Waals surface area contributed by atoms with Gasteiger partial charge in [-0.1, -0.05) is 131 Å². The van der Waals surface area contributed by atoms with Crippen LogP contribution in [-0.4, -0.2) is 52.6 Å². The van der Waals surface area contributed by atoms with Crippen molar-refractivity contribution in [3.8, 4) is 34.5 Å². The van der Waals surface area contributed by atoms with Gasteiger partial charge in [-0.25, -0.2) is 0 Å². The van der Waals surface area contributed by atoms with Gasteiger partial charge in [0.05, 0.1) is 33.0 Å². The van der Waals surface area contributed by atoms with Crippen LogP contribution in [0.25, 0.3) is 32.3 Å². The van der Waals surface area contributed by atoms with Gasteiger partial charge in [0.15, 0.2) is 41.1 Å². The lowest BCUT2D eigenvalue weighted by molar-refractivity contribution is -0.122. The van der Waals surface area contributed by atoms with Crippen LogP contribution in [0.15, 0.2) is 36.4 Å². The number of unbranched alkanes of at least 4 members (excludes halogenated alkanes) is 15. The normalized spacial score (nSPS) is 11.4. The Kier molecular flexibility index (Phi) is 22.3. The minimum atomic E-state index is -0.204. The summed E-state index contributed by atoms with van der Waals surface area (Å²) < 4.78 is 39.1. The van der Waals surface area contributed by atoms with Crippen LogP contribution in [0, 0.1) is 0 Å². The van der Waals surface area contributed by atoms with Crippen molar-refractivity contribution in [1.82, 2.24) is 5.32 Å². The minimum Gasteiger partial charge on any atom is -0.490 e.